The van der Waals surface area contributed by atoms with Gasteiger partial charge in [0.1, 0.15) is 9.15 Å². The summed E-state index contributed by atoms with van der Waals surface area (Å²) in [6.07, 6.45) is 0. The van der Waals surface area contributed by atoms with E-state index in [2.05, 4.69) is 0 Å². The molecule has 21 heavy (non-hydrogen) atoms. The van der Waals surface area contributed by atoms with Gasteiger partial charge in [0.2, 0.25) is 5.58 Å². The molecule has 0 N–H and O–H groups in total. The van der Waals surface area contributed by atoms with Gasteiger partial charge in [0.15, 0.2) is 0 Å². The van der Waals surface area contributed by atoms with Gasteiger partial charge in [0, 0.05) is 16.2 Å². The number of hydrogen-bond acceptors (Lipinski definition) is 3. The fourth-order valence-corrected chi connectivity index (χ4v) is 3.67. The summed E-state index contributed by atoms with van der Waals surface area (Å²) in [6, 6.07) is 15.3. The molecule has 4 nitrogen and oxygen atoms in total. The third kappa shape index (κ3) is 1.67. The van der Waals surface area contributed by atoms with Gasteiger partial charge in [-0.05, 0) is 34.0 Å². The lowest BCUT2D eigenvalue weighted by atomic mass is 10.0. The summed E-state index contributed by atoms with van der Waals surface area (Å²) < 4.78 is 6.40. The second-order valence-electron chi connectivity index (χ2n) is 4.77. The summed E-state index contributed by atoms with van der Waals surface area (Å²) >= 11 is 2.03. The molecule has 1 heterocycles. The molecule has 0 radical (unpaired) electrons. The second-order valence-corrected chi connectivity index (χ2v) is 5.85. The Kier molecular flexibility index (Phi) is 2.65. The molecule has 0 saturated heterocycles. The molecule has 0 amide bonds. The number of nitro groups is 1. The van der Waals surface area contributed by atoms with Crippen LogP contribution in [0, 0.1) is 13.7 Å². The zero-order chi connectivity index (χ0) is 14.6. The van der Waals surface area contributed by atoms with Crippen molar-refractivity contribution in [3.05, 3.63) is 62.2 Å². The van der Waals surface area contributed by atoms with Crippen LogP contribution in [-0.2, 0) is 0 Å². The molecule has 0 fully saturated rings. The first-order valence-electron chi connectivity index (χ1n) is 6.34. The highest BCUT2D eigenvalue weighted by Gasteiger charge is 2.25. The van der Waals surface area contributed by atoms with Crippen molar-refractivity contribution in [2.45, 2.75) is 0 Å². The molecule has 0 aliphatic carbocycles. The summed E-state index contributed by atoms with van der Waals surface area (Å²) in [7, 11) is 0. The van der Waals surface area contributed by atoms with Gasteiger partial charge in [-0.2, -0.15) is 0 Å². The Morgan fingerprint density at radius 3 is 2.29 bits per heavy atom. The Hall–Kier alpha value is -2.15. The van der Waals surface area contributed by atoms with Crippen molar-refractivity contribution in [1.29, 1.82) is 0 Å². The van der Waals surface area contributed by atoms with E-state index in [4.69, 9.17) is 4.42 Å². The average molecular weight is 389 g/mol. The standard InChI is InChI=1S/C16H8INO3/c17-14-10-6-2-1-5-9(10)13-11-7-3-4-8-12(11)21-16(13)15(14)18(19)20/h1-8H. The summed E-state index contributed by atoms with van der Waals surface area (Å²) in [4.78, 5) is 11.1. The molecule has 0 bridgehead atoms. The lowest BCUT2D eigenvalue weighted by Gasteiger charge is -2.04. The van der Waals surface area contributed by atoms with E-state index in [1.54, 1.807) is 0 Å². The predicted molar refractivity (Wildman–Crippen MR) is 90.6 cm³/mol. The van der Waals surface area contributed by atoms with Gasteiger partial charge in [-0.3, -0.25) is 10.1 Å². The summed E-state index contributed by atoms with van der Waals surface area (Å²) in [5.74, 6) is 0. The molecule has 0 aliphatic rings. The van der Waals surface area contributed by atoms with Crippen LogP contribution in [0.5, 0.6) is 0 Å². The number of furan rings is 1. The highest BCUT2D eigenvalue weighted by Crippen LogP contribution is 2.43. The minimum Gasteiger partial charge on any atom is -0.449 e. The number of rotatable bonds is 1. The summed E-state index contributed by atoms with van der Waals surface area (Å²) in [5, 5.41) is 15.1. The van der Waals surface area contributed by atoms with E-state index >= 15 is 0 Å². The molecular formula is C16H8INO3. The first-order valence-corrected chi connectivity index (χ1v) is 7.42. The molecule has 4 rings (SSSR count). The lowest BCUT2D eigenvalue weighted by molar-refractivity contribution is -0.384. The van der Waals surface area contributed by atoms with Crippen molar-refractivity contribution in [3.63, 3.8) is 0 Å². The van der Waals surface area contributed by atoms with Crippen molar-refractivity contribution in [2.24, 2.45) is 0 Å². The Morgan fingerprint density at radius 1 is 0.952 bits per heavy atom. The van der Waals surface area contributed by atoms with Crippen LogP contribution in [0.4, 0.5) is 5.69 Å². The van der Waals surface area contributed by atoms with Gasteiger partial charge in [-0.25, -0.2) is 0 Å². The fourth-order valence-electron chi connectivity index (χ4n) is 2.76. The third-order valence-electron chi connectivity index (χ3n) is 3.63. The molecule has 0 saturated carbocycles. The molecule has 1 aromatic heterocycles. The van der Waals surface area contributed by atoms with Crippen molar-refractivity contribution in [1.82, 2.24) is 0 Å². The highest BCUT2D eigenvalue weighted by molar-refractivity contribution is 14.1. The fraction of sp³-hybridized carbons (Fsp3) is 0. The molecule has 0 spiro atoms. The normalized spacial score (nSPS) is 11.5. The Balaban J connectivity index is 2.41. The SMILES string of the molecule is O=[N+]([O-])c1c(I)c2ccccc2c2c1oc1ccccc12. The molecule has 4 aromatic rings. The zero-order valence-corrected chi connectivity index (χ0v) is 12.8. The molecule has 0 atom stereocenters. The summed E-state index contributed by atoms with van der Waals surface area (Å²) in [6.45, 7) is 0. The van der Waals surface area contributed by atoms with E-state index in [1.165, 1.54) is 0 Å². The van der Waals surface area contributed by atoms with Gasteiger partial charge in [-0.15, -0.1) is 0 Å². The Labute approximate surface area is 132 Å². The van der Waals surface area contributed by atoms with Crippen molar-refractivity contribution < 1.29 is 9.34 Å². The maximum Gasteiger partial charge on any atom is 0.326 e. The number of para-hydroxylation sites is 1. The van der Waals surface area contributed by atoms with Crippen LogP contribution >= 0.6 is 22.6 Å². The minimum absolute atomic E-state index is 0.0421. The number of nitrogens with zero attached hydrogens (tertiary/aromatic N) is 1. The van der Waals surface area contributed by atoms with E-state index in [0.29, 0.717) is 14.7 Å². The van der Waals surface area contributed by atoms with Crippen LogP contribution in [0.25, 0.3) is 32.7 Å². The lowest BCUT2D eigenvalue weighted by Crippen LogP contribution is -1.93. The smallest absolute Gasteiger partial charge is 0.326 e. The molecule has 102 valence electrons. The topological polar surface area (TPSA) is 56.3 Å². The van der Waals surface area contributed by atoms with Gasteiger partial charge in [-0.1, -0.05) is 42.5 Å². The molecule has 0 aliphatic heterocycles. The van der Waals surface area contributed by atoms with Gasteiger partial charge in [0.05, 0.1) is 4.92 Å². The minimum atomic E-state index is -0.362. The zero-order valence-electron chi connectivity index (χ0n) is 10.7. The van der Waals surface area contributed by atoms with E-state index in [0.717, 1.165) is 21.5 Å². The molecule has 5 heteroatoms. The van der Waals surface area contributed by atoms with Crippen LogP contribution in [0.3, 0.4) is 0 Å². The van der Waals surface area contributed by atoms with Gasteiger partial charge in [0.25, 0.3) is 0 Å². The molecular weight excluding hydrogens is 381 g/mol. The quantitative estimate of drug-likeness (QED) is 0.254. The average Bonchev–Trinajstić information content (AvgIpc) is 2.86. The van der Waals surface area contributed by atoms with Crippen molar-refractivity contribution >= 4 is 61.0 Å². The number of hydrogen-bond donors (Lipinski definition) is 0. The van der Waals surface area contributed by atoms with Crippen LogP contribution in [0.2, 0.25) is 0 Å². The summed E-state index contributed by atoms with van der Waals surface area (Å²) in [5.41, 5.74) is 1.06. The van der Waals surface area contributed by atoms with E-state index in [9.17, 15) is 10.1 Å². The molecule has 3 aromatic carbocycles. The van der Waals surface area contributed by atoms with Crippen LogP contribution in [-0.4, -0.2) is 4.92 Å². The maximum atomic E-state index is 11.5. The van der Waals surface area contributed by atoms with Gasteiger partial charge < -0.3 is 4.42 Å². The first kappa shape index (κ1) is 12.6. The Bertz CT molecular complexity index is 1040. The van der Waals surface area contributed by atoms with E-state index in [1.807, 2.05) is 71.1 Å². The monoisotopic (exact) mass is 389 g/mol. The highest BCUT2D eigenvalue weighted by atomic mass is 127. The van der Waals surface area contributed by atoms with Crippen molar-refractivity contribution in [2.75, 3.05) is 0 Å². The van der Waals surface area contributed by atoms with Crippen LogP contribution < -0.4 is 0 Å². The largest absolute Gasteiger partial charge is 0.449 e. The maximum absolute atomic E-state index is 11.5. The van der Waals surface area contributed by atoms with Gasteiger partial charge >= 0.3 is 5.69 Å². The third-order valence-corrected chi connectivity index (χ3v) is 4.73. The van der Waals surface area contributed by atoms with E-state index < -0.39 is 0 Å². The second kappa shape index (κ2) is 4.42. The number of benzene rings is 3. The molecule has 0 unspecified atom stereocenters. The van der Waals surface area contributed by atoms with Crippen LogP contribution in [0.1, 0.15) is 0 Å². The van der Waals surface area contributed by atoms with E-state index in [-0.39, 0.29) is 10.6 Å². The van der Waals surface area contributed by atoms with Crippen LogP contribution in [0.15, 0.2) is 52.9 Å². The van der Waals surface area contributed by atoms with Crippen molar-refractivity contribution in [3.8, 4) is 0 Å². The number of fused-ring (bicyclic) bond motifs is 5. The number of nitro benzene ring substituents is 1. The number of halogens is 1. The first-order chi connectivity index (χ1) is 10.2. The predicted octanol–water partition coefficient (Wildman–Crippen LogP) is 5.25. The Morgan fingerprint density at radius 2 is 1.57 bits per heavy atom.